The van der Waals surface area contributed by atoms with Crippen molar-refractivity contribution in [2.24, 2.45) is 0 Å². The summed E-state index contributed by atoms with van der Waals surface area (Å²) >= 11 is 1.34. The first-order valence-corrected chi connectivity index (χ1v) is 9.49. The second-order valence-electron chi connectivity index (χ2n) is 6.34. The SMILES string of the molecule is COc1ccc([C@@H]2c3c(oc4ccccc4c3=O)C(=O)N2c2nccs2)cc1. The van der Waals surface area contributed by atoms with Crippen LogP contribution in [-0.2, 0) is 0 Å². The molecule has 0 spiro atoms. The second kappa shape index (κ2) is 6.31. The van der Waals surface area contributed by atoms with Crippen LogP contribution in [0.25, 0.3) is 11.0 Å². The molecule has 6 nitrogen and oxygen atoms in total. The summed E-state index contributed by atoms with van der Waals surface area (Å²) in [5.74, 6) is 0.396. The van der Waals surface area contributed by atoms with Gasteiger partial charge in [0.2, 0.25) is 5.76 Å². The van der Waals surface area contributed by atoms with E-state index in [-0.39, 0.29) is 17.1 Å². The quantitative estimate of drug-likeness (QED) is 0.529. The van der Waals surface area contributed by atoms with E-state index in [1.807, 2.05) is 12.1 Å². The van der Waals surface area contributed by atoms with Crippen molar-refractivity contribution in [1.29, 1.82) is 0 Å². The molecule has 3 heterocycles. The number of methoxy groups -OCH3 is 1. The lowest BCUT2D eigenvalue weighted by molar-refractivity contribution is 0.0971. The number of anilines is 1. The van der Waals surface area contributed by atoms with Gasteiger partial charge in [-0.1, -0.05) is 24.3 Å². The summed E-state index contributed by atoms with van der Waals surface area (Å²) in [5, 5.41) is 2.76. The van der Waals surface area contributed by atoms with Gasteiger partial charge in [0.1, 0.15) is 11.3 Å². The summed E-state index contributed by atoms with van der Waals surface area (Å²) in [6.45, 7) is 0. The summed E-state index contributed by atoms with van der Waals surface area (Å²) in [7, 11) is 1.59. The fourth-order valence-corrected chi connectivity index (χ4v) is 4.22. The average Bonchev–Trinajstić information content (AvgIpc) is 3.35. The maximum absolute atomic E-state index is 13.3. The van der Waals surface area contributed by atoms with Crippen molar-refractivity contribution < 1.29 is 13.9 Å². The van der Waals surface area contributed by atoms with E-state index in [9.17, 15) is 9.59 Å². The van der Waals surface area contributed by atoms with Crippen molar-refractivity contribution >= 4 is 33.3 Å². The number of para-hydroxylation sites is 1. The Kier molecular flexibility index (Phi) is 3.77. The fraction of sp³-hybridized carbons (Fsp3) is 0.0952. The third-order valence-corrected chi connectivity index (χ3v) is 5.61. The van der Waals surface area contributed by atoms with E-state index in [4.69, 9.17) is 9.15 Å². The van der Waals surface area contributed by atoms with Crippen LogP contribution < -0.4 is 15.1 Å². The molecule has 28 heavy (non-hydrogen) atoms. The molecule has 0 N–H and O–H groups in total. The monoisotopic (exact) mass is 390 g/mol. The van der Waals surface area contributed by atoms with Crippen LogP contribution in [0.4, 0.5) is 5.13 Å². The molecule has 5 rings (SSSR count). The molecule has 0 saturated heterocycles. The van der Waals surface area contributed by atoms with Gasteiger partial charge in [0.15, 0.2) is 10.6 Å². The van der Waals surface area contributed by atoms with Gasteiger partial charge in [0.05, 0.1) is 24.1 Å². The van der Waals surface area contributed by atoms with Gasteiger partial charge >= 0.3 is 0 Å². The highest BCUT2D eigenvalue weighted by Crippen LogP contribution is 2.42. The van der Waals surface area contributed by atoms with E-state index in [0.29, 0.717) is 27.4 Å². The van der Waals surface area contributed by atoms with E-state index in [1.54, 1.807) is 55.1 Å². The molecular weight excluding hydrogens is 376 g/mol. The molecule has 0 radical (unpaired) electrons. The maximum atomic E-state index is 13.3. The Morgan fingerprint density at radius 1 is 1.11 bits per heavy atom. The minimum Gasteiger partial charge on any atom is -0.497 e. The zero-order valence-electron chi connectivity index (χ0n) is 14.8. The Morgan fingerprint density at radius 2 is 1.89 bits per heavy atom. The first-order chi connectivity index (χ1) is 13.7. The fourth-order valence-electron chi connectivity index (χ4n) is 3.55. The lowest BCUT2D eigenvalue weighted by atomic mass is 9.98. The molecule has 7 heteroatoms. The third kappa shape index (κ3) is 2.36. The van der Waals surface area contributed by atoms with Crippen LogP contribution >= 0.6 is 11.3 Å². The van der Waals surface area contributed by atoms with Crippen molar-refractivity contribution in [3.05, 3.63) is 87.2 Å². The summed E-state index contributed by atoms with van der Waals surface area (Å²) in [4.78, 5) is 32.4. The number of ether oxygens (including phenoxy) is 1. The highest BCUT2D eigenvalue weighted by Gasteiger charge is 2.44. The van der Waals surface area contributed by atoms with Gasteiger partial charge in [-0.25, -0.2) is 4.98 Å². The summed E-state index contributed by atoms with van der Waals surface area (Å²) < 4.78 is 11.1. The largest absolute Gasteiger partial charge is 0.497 e. The van der Waals surface area contributed by atoms with Crippen LogP contribution in [-0.4, -0.2) is 18.0 Å². The van der Waals surface area contributed by atoms with Gasteiger partial charge in [-0.3, -0.25) is 14.5 Å². The molecule has 0 unspecified atom stereocenters. The predicted molar refractivity (Wildman–Crippen MR) is 106 cm³/mol. The van der Waals surface area contributed by atoms with E-state index in [1.165, 1.54) is 16.2 Å². The van der Waals surface area contributed by atoms with Gasteiger partial charge in [0.25, 0.3) is 5.91 Å². The lowest BCUT2D eigenvalue weighted by Crippen LogP contribution is -2.29. The maximum Gasteiger partial charge on any atom is 0.297 e. The Hall–Kier alpha value is -3.45. The highest BCUT2D eigenvalue weighted by molar-refractivity contribution is 7.13. The van der Waals surface area contributed by atoms with Crippen molar-refractivity contribution in [2.75, 3.05) is 12.0 Å². The number of hydrogen-bond acceptors (Lipinski definition) is 6. The van der Waals surface area contributed by atoms with Crippen LogP contribution in [0.2, 0.25) is 0 Å². The van der Waals surface area contributed by atoms with Crippen LogP contribution in [0.3, 0.4) is 0 Å². The number of hydrogen-bond donors (Lipinski definition) is 0. The van der Waals surface area contributed by atoms with E-state index in [2.05, 4.69) is 4.98 Å². The van der Waals surface area contributed by atoms with E-state index < -0.39 is 6.04 Å². The molecule has 2 aromatic heterocycles. The zero-order chi connectivity index (χ0) is 19.3. The predicted octanol–water partition coefficient (Wildman–Crippen LogP) is 4.01. The molecule has 1 aliphatic heterocycles. The number of rotatable bonds is 3. The second-order valence-corrected chi connectivity index (χ2v) is 7.21. The number of fused-ring (bicyclic) bond motifs is 2. The third-order valence-electron chi connectivity index (χ3n) is 4.83. The van der Waals surface area contributed by atoms with Crippen molar-refractivity contribution in [2.45, 2.75) is 6.04 Å². The molecule has 0 aliphatic carbocycles. The van der Waals surface area contributed by atoms with Gasteiger partial charge in [0, 0.05) is 11.6 Å². The van der Waals surface area contributed by atoms with Crippen LogP contribution in [0.15, 0.2) is 69.3 Å². The molecule has 138 valence electrons. The van der Waals surface area contributed by atoms with Crippen molar-refractivity contribution in [3.63, 3.8) is 0 Å². The van der Waals surface area contributed by atoms with Crippen LogP contribution in [0.5, 0.6) is 5.75 Å². The lowest BCUT2D eigenvalue weighted by Gasteiger charge is -2.22. The molecule has 0 fully saturated rings. The molecule has 0 bridgehead atoms. The number of carbonyl (C=O) groups excluding carboxylic acids is 1. The number of nitrogens with zero attached hydrogens (tertiary/aromatic N) is 2. The normalized spacial score (nSPS) is 15.8. The van der Waals surface area contributed by atoms with Crippen molar-refractivity contribution in [1.82, 2.24) is 4.98 Å². The average molecular weight is 390 g/mol. The Balaban J connectivity index is 1.80. The van der Waals surface area contributed by atoms with E-state index in [0.717, 1.165) is 5.56 Å². The van der Waals surface area contributed by atoms with Crippen molar-refractivity contribution in [3.8, 4) is 5.75 Å². The number of thiazole rings is 1. The molecule has 1 amide bonds. The van der Waals surface area contributed by atoms with Gasteiger partial charge in [-0.2, -0.15) is 0 Å². The van der Waals surface area contributed by atoms with Gasteiger partial charge in [-0.05, 0) is 29.8 Å². The Labute approximate surface area is 163 Å². The van der Waals surface area contributed by atoms with Gasteiger partial charge < -0.3 is 9.15 Å². The summed E-state index contributed by atoms with van der Waals surface area (Å²) in [5.41, 5.74) is 1.31. The summed E-state index contributed by atoms with van der Waals surface area (Å²) in [6.07, 6.45) is 1.63. The standard InChI is InChI=1S/C21H14N2O4S/c1-26-13-8-6-12(7-9-13)17-16-18(24)14-4-2-3-5-15(14)27-19(16)20(25)23(17)21-22-10-11-28-21/h2-11,17H,1H3/t17-/m1/s1. The Morgan fingerprint density at radius 3 is 2.61 bits per heavy atom. The number of carbonyl (C=O) groups is 1. The smallest absolute Gasteiger partial charge is 0.297 e. The molecule has 0 saturated carbocycles. The molecule has 1 aliphatic rings. The van der Waals surface area contributed by atoms with Crippen LogP contribution in [0.1, 0.15) is 27.7 Å². The number of benzene rings is 2. The first kappa shape index (κ1) is 16.7. The minimum absolute atomic E-state index is 0.0692. The first-order valence-electron chi connectivity index (χ1n) is 8.62. The molecule has 2 aromatic carbocycles. The Bertz CT molecular complexity index is 1250. The number of amides is 1. The van der Waals surface area contributed by atoms with E-state index >= 15 is 0 Å². The minimum atomic E-state index is -0.611. The number of aromatic nitrogens is 1. The topological polar surface area (TPSA) is 72.6 Å². The zero-order valence-corrected chi connectivity index (χ0v) is 15.6. The molecule has 1 atom stereocenters. The van der Waals surface area contributed by atoms with Gasteiger partial charge in [-0.15, -0.1) is 11.3 Å². The molecular formula is C21H14N2O4S. The highest BCUT2D eigenvalue weighted by atomic mass is 32.1. The van der Waals surface area contributed by atoms with Crippen LogP contribution in [0, 0.1) is 0 Å². The summed E-state index contributed by atoms with van der Waals surface area (Å²) in [6, 6.07) is 13.7. The molecule has 4 aromatic rings.